The summed E-state index contributed by atoms with van der Waals surface area (Å²) in [7, 11) is 0. The fourth-order valence-corrected chi connectivity index (χ4v) is 2.54. The number of hydrogen-bond donors (Lipinski definition) is 0. The van der Waals surface area contributed by atoms with Gasteiger partial charge in [-0.2, -0.15) is 13.2 Å². The average Bonchev–Trinajstić information content (AvgIpc) is 2.54. The molecule has 0 saturated heterocycles. The van der Waals surface area contributed by atoms with Crippen molar-refractivity contribution in [2.75, 3.05) is 0 Å². The lowest BCUT2D eigenvalue weighted by Gasteiger charge is -2.08. The summed E-state index contributed by atoms with van der Waals surface area (Å²) in [6.07, 6.45) is -3.74. The number of thiazole rings is 1. The summed E-state index contributed by atoms with van der Waals surface area (Å²) in [6.45, 7) is 3.56. The number of aryl methyl sites for hydroxylation is 2. The van der Waals surface area contributed by atoms with E-state index in [-0.39, 0.29) is 5.52 Å². The topological polar surface area (TPSA) is 12.9 Å². The lowest BCUT2D eigenvalue weighted by atomic mass is 10.1. The van der Waals surface area contributed by atoms with Gasteiger partial charge >= 0.3 is 6.18 Å². The third kappa shape index (κ3) is 1.91. The van der Waals surface area contributed by atoms with E-state index in [1.54, 1.807) is 13.0 Å². The van der Waals surface area contributed by atoms with Crippen LogP contribution in [-0.2, 0) is 12.6 Å². The van der Waals surface area contributed by atoms with E-state index < -0.39 is 11.7 Å². The fourth-order valence-electron chi connectivity index (χ4n) is 1.62. The van der Waals surface area contributed by atoms with Crippen molar-refractivity contribution in [2.45, 2.75) is 26.4 Å². The van der Waals surface area contributed by atoms with E-state index in [1.165, 1.54) is 17.4 Å². The van der Waals surface area contributed by atoms with Crippen LogP contribution < -0.4 is 0 Å². The molecule has 1 aromatic heterocycles. The van der Waals surface area contributed by atoms with Crippen LogP contribution in [0, 0.1) is 6.92 Å². The van der Waals surface area contributed by atoms with Crippen LogP contribution in [0.2, 0.25) is 0 Å². The molecular weight excluding hydrogens is 235 g/mol. The van der Waals surface area contributed by atoms with Crippen LogP contribution in [-0.4, -0.2) is 4.98 Å². The van der Waals surface area contributed by atoms with Crippen LogP contribution in [0.4, 0.5) is 13.2 Å². The number of nitrogens with zero attached hydrogens (tertiary/aromatic N) is 1. The summed E-state index contributed by atoms with van der Waals surface area (Å²) in [4.78, 5) is 3.95. The normalized spacial score (nSPS) is 12.3. The van der Waals surface area contributed by atoms with E-state index in [0.717, 1.165) is 0 Å². The molecule has 2 rings (SSSR count). The molecule has 0 aliphatic carbocycles. The van der Waals surface area contributed by atoms with Crippen LogP contribution >= 0.6 is 11.3 Å². The third-order valence-electron chi connectivity index (χ3n) is 2.38. The van der Waals surface area contributed by atoms with E-state index in [1.807, 2.05) is 6.92 Å². The maximum Gasteiger partial charge on any atom is 0.418 e. The van der Waals surface area contributed by atoms with Crippen molar-refractivity contribution in [3.05, 3.63) is 28.3 Å². The van der Waals surface area contributed by atoms with Gasteiger partial charge in [0.1, 0.15) is 0 Å². The molecule has 0 unspecified atom stereocenters. The molecule has 1 aromatic carbocycles. The molecule has 0 fully saturated rings. The number of alkyl halides is 3. The van der Waals surface area contributed by atoms with Crippen molar-refractivity contribution < 1.29 is 13.2 Å². The van der Waals surface area contributed by atoms with Crippen molar-refractivity contribution in [3.8, 4) is 0 Å². The highest BCUT2D eigenvalue weighted by molar-refractivity contribution is 7.18. The maximum absolute atomic E-state index is 12.8. The molecule has 16 heavy (non-hydrogen) atoms. The Hall–Kier alpha value is -1.10. The quantitative estimate of drug-likeness (QED) is 0.734. The number of rotatable bonds is 1. The highest BCUT2D eigenvalue weighted by Crippen LogP contribution is 2.37. The average molecular weight is 245 g/mol. The molecule has 5 heteroatoms. The molecule has 0 N–H and O–H groups in total. The van der Waals surface area contributed by atoms with Gasteiger partial charge in [0.15, 0.2) is 0 Å². The van der Waals surface area contributed by atoms with Gasteiger partial charge in [0.05, 0.1) is 20.8 Å². The first-order valence-corrected chi connectivity index (χ1v) is 5.70. The van der Waals surface area contributed by atoms with Gasteiger partial charge in [-0.05, 0) is 31.0 Å². The molecule has 0 amide bonds. The van der Waals surface area contributed by atoms with E-state index in [0.29, 0.717) is 21.7 Å². The molecular formula is C11H10F3NS. The molecule has 0 bridgehead atoms. The number of halogens is 3. The minimum Gasteiger partial charge on any atom is -0.241 e. The van der Waals surface area contributed by atoms with Crippen molar-refractivity contribution >= 4 is 21.6 Å². The highest BCUT2D eigenvalue weighted by atomic mass is 32.1. The molecule has 0 radical (unpaired) electrons. The number of fused-ring (bicyclic) bond motifs is 1. The second-order valence-electron chi connectivity index (χ2n) is 3.57. The third-order valence-corrected chi connectivity index (χ3v) is 3.29. The van der Waals surface area contributed by atoms with E-state index in [2.05, 4.69) is 4.98 Å². The zero-order valence-electron chi connectivity index (χ0n) is 8.85. The Morgan fingerprint density at radius 3 is 2.56 bits per heavy atom. The van der Waals surface area contributed by atoms with Gasteiger partial charge in [0, 0.05) is 0 Å². The van der Waals surface area contributed by atoms with Crippen molar-refractivity contribution in [3.63, 3.8) is 0 Å². The zero-order valence-corrected chi connectivity index (χ0v) is 9.67. The summed E-state index contributed by atoms with van der Waals surface area (Å²) in [5.74, 6) is 0. The Bertz CT molecular complexity index is 528. The molecule has 0 aliphatic heterocycles. The largest absolute Gasteiger partial charge is 0.418 e. The molecule has 1 heterocycles. The summed E-state index contributed by atoms with van der Waals surface area (Å²) in [5, 5.41) is 0.661. The Kier molecular flexibility index (Phi) is 2.66. The Morgan fingerprint density at radius 1 is 1.31 bits per heavy atom. The second kappa shape index (κ2) is 3.73. The van der Waals surface area contributed by atoms with Gasteiger partial charge in [-0.25, -0.2) is 4.98 Å². The highest BCUT2D eigenvalue weighted by Gasteiger charge is 2.34. The maximum atomic E-state index is 12.8. The molecule has 2 aromatic rings. The van der Waals surface area contributed by atoms with Crippen molar-refractivity contribution in [2.24, 2.45) is 0 Å². The standard InChI is InChI=1S/C11H10F3NS/c1-3-7-4-8(11(12,13)14)10-9(5-7)16-6(2)15-10/h4-5H,3H2,1-2H3. The Labute approximate surface area is 94.9 Å². The van der Waals surface area contributed by atoms with Crippen molar-refractivity contribution in [1.29, 1.82) is 0 Å². The SMILES string of the molecule is CCc1cc(C(F)(F)F)c2nc(C)sc2c1. The first kappa shape index (κ1) is 11.4. The number of hydrogen-bond acceptors (Lipinski definition) is 2. The zero-order chi connectivity index (χ0) is 11.9. The fraction of sp³-hybridized carbons (Fsp3) is 0.364. The van der Waals surface area contributed by atoms with Crippen LogP contribution in [0.3, 0.4) is 0 Å². The summed E-state index contributed by atoms with van der Waals surface area (Å²) in [5.41, 5.74) is 0.155. The van der Waals surface area contributed by atoms with E-state index >= 15 is 0 Å². The number of benzene rings is 1. The summed E-state index contributed by atoms with van der Waals surface area (Å²) < 4.78 is 39.0. The van der Waals surface area contributed by atoms with Crippen molar-refractivity contribution in [1.82, 2.24) is 4.98 Å². The van der Waals surface area contributed by atoms with Gasteiger partial charge < -0.3 is 0 Å². The lowest BCUT2D eigenvalue weighted by molar-refractivity contribution is -0.136. The molecule has 0 aliphatic rings. The predicted molar refractivity (Wildman–Crippen MR) is 58.7 cm³/mol. The van der Waals surface area contributed by atoms with Gasteiger partial charge in [-0.15, -0.1) is 11.3 Å². The van der Waals surface area contributed by atoms with Crippen LogP contribution in [0.15, 0.2) is 12.1 Å². The van der Waals surface area contributed by atoms with E-state index in [9.17, 15) is 13.2 Å². The molecule has 0 saturated carbocycles. The Balaban J connectivity index is 2.78. The molecule has 1 nitrogen and oxygen atoms in total. The smallest absolute Gasteiger partial charge is 0.241 e. The summed E-state index contributed by atoms with van der Waals surface area (Å²) in [6, 6.07) is 2.98. The van der Waals surface area contributed by atoms with Crippen LogP contribution in [0.5, 0.6) is 0 Å². The minimum atomic E-state index is -4.33. The van der Waals surface area contributed by atoms with Crippen LogP contribution in [0.25, 0.3) is 10.2 Å². The van der Waals surface area contributed by atoms with Crippen LogP contribution in [0.1, 0.15) is 23.1 Å². The monoisotopic (exact) mass is 245 g/mol. The molecule has 0 spiro atoms. The molecule has 86 valence electrons. The lowest BCUT2D eigenvalue weighted by Crippen LogP contribution is -2.06. The van der Waals surface area contributed by atoms with Gasteiger partial charge in [0.25, 0.3) is 0 Å². The first-order valence-electron chi connectivity index (χ1n) is 4.89. The van der Waals surface area contributed by atoms with Gasteiger partial charge in [-0.3, -0.25) is 0 Å². The molecule has 0 atom stereocenters. The minimum absolute atomic E-state index is 0.0761. The summed E-state index contributed by atoms with van der Waals surface area (Å²) >= 11 is 1.30. The predicted octanol–water partition coefficient (Wildman–Crippen LogP) is 4.19. The Morgan fingerprint density at radius 2 is 2.00 bits per heavy atom. The number of aromatic nitrogens is 1. The second-order valence-corrected chi connectivity index (χ2v) is 4.81. The van der Waals surface area contributed by atoms with Gasteiger partial charge in [0.2, 0.25) is 0 Å². The van der Waals surface area contributed by atoms with E-state index in [4.69, 9.17) is 0 Å². The first-order chi connectivity index (χ1) is 7.41. The van der Waals surface area contributed by atoms with Gasteiger partial charge in [-0.1, -0.05) is 6.92 Å².